The van der Waals surface area contributed by atoms with Gasteiger partial charge in [0.1, 0.15) is 0 Å². The Kier molecular flexibility index (Phi) is 3.99. The Balaban J connectivity index is 2.10. The molecule has 1 aliphatic rings. The molecule has 0 aromatic carbocycles. The van der Waals surface area contributed by atoms with Crippen molar-refractivity contribution in [2.45, 2.75) is 45.4 Å². The number of methoxy groups -OCH3 is 1. The highest BCUT2D eigenvalue weighted by atomic mass is 16.5. The number of carbonyl (C=O) groups excluding carboxylic acids is 1. The van der Waals surface area contributed by atoms with Gasteiger partial charge in [-0.25, -0.2) is 0 Å². The van der Waals surface area contributed by atoms with Gasteiger partial charge in [-0.3, -0.25) is 4.79 Å². The number of hydrogen-bond donors (Lipinski definition) is 0. The van der Waals surface area contributed by atoms with Crippen molar-refractivity contribution in [3.63, 3.8) is 0 Å². The quantitative estimate of drug-likeness (QED) is 0.769. The third-order valence-electron chi connectivity index (χ3n) is 3.41. The molecule has 1 aromatic heterocycles. The maximum Gasteiger partial charge on any atom is 0.309 e. The lowest BCUT2D eigenvalue weighted by Crippen LogP contribution is -2.19. The summed E-state index contributed by atoms with van der Waals surface area (Å²) in [6.07, 6.45) is 3.58. The Labute approximate surface area is 107 Å². The molecule has 0 amide bonds. The molecule has 0 unspecified atom stereocenters. The van der Waals surface area contributed by atoms with Crippen molar-refractivity contribution in [2.24, 2.45) is 11.8 Å². The second-order valence-electron chi connectivity index (χ2n) is 5.31. The van der Waals surface area contributed by atoms with E-state index in [1.54, 1.807) is 0 Å². The number of esters is 1. The van der Waals surface area contributed by atoms with E-state index < -0.39 is 0 Å². The summed E-state index contributed by atoms with van der Waals surface area (Å²) in [6.45, 7) is 4.23. The van der Waals surface area contributed by atoms with Crippen LogP contribution in [-0.2, 0) is 16.0 Å². The Morgan fingerprint density at radius 3 is 2.94 bits per heavy atom. The maximum absolute atomic E-state index is 11.7. The van der Waals surface area contributed by atoms with E-state index >= 15 is 0 Å². The standard InChI is InChI=1S/C13H20N2O3/c1-8(2)7-11-14-12(18-15-11)9-5-4-6-10(9)13(16)17-3/h8-10H,4-7H2,1-3H3/t9-,10-/m0/s1. The first-order valence-corrected chi connectivity index (χ1v) is 6.52. The number of hydrogen-bond acceptors (Lipinski definition) is 5. The molecule has 1 saturated carbocycles. The lowest BCUT2D eigenvalue weighted by atomic mass is 9.96. The number of aromatic nitrogens is 2. The van der Waals surface area contributed by atoms with Crippen LogP contribution in [0.4, 0.5) is 0 Å². The number of ether oxygens (including phenoxy) is 1. The van der Waals surface area contributed by atoms with Gasteiger partial charge in [0.05, 0.1) is 18.9 Å². The molecule has 5 nitrogen and oxygen atoms in total. The number of carbonyl (C=O) groups is 1. The number of rotatable bonds is 4. The zero-order chi connectivity index (χ0) is 13.1. The van der Waals surface area contributed by atoms with Crippen molar-refractivity contribution >= 4 is 5.97 Å². The van der Waals surface area contributed by atoms with E-state index in [-0.39, 0.29) is 17.8 Å². The summed E-state index contributed by atoms with van der Waals surface area (Å²) in [7, 11) is 1.43. The van der Waals surface area contributed by atoms with E-state index in [9.17, 15) is 4.79 Å². The van der Waals surface area contributed by atoms with Crippen molar-refractivity contribution in [3.8, 4) is 0 Å². The Hall–Kier alpha value is -1.39. The van der Waals surface area contributed by atoms with E-state index in [0.29, 0.717) is 11.8 Å². The highest BCUT2D eigenvalue weighted by Gasteiger charge is 2.38. The van der Waals surface area contributed by atoms with Crippen LogP contribution in [0.2, 0.25) is 0 Å². The van der Waals surface area contributed by atoms with Gasteiger partial charge in [-0.05, 0) is 18.8 Å². The zero-order valence-corrected chi connectivity index (χ0v) is 11.2. The minimum Gasteiger partial charge on any atom is -0.469 e. The van der Waals surface area contributed by atoms with E-state index in [4.69, 9.17) is 9.26 Å². The van der Waals surface area contributed by atoms with Crippen LogP contribution in [0, 0.1) is 11.8 Å². The molecule has 0 N–H and O–H groups in total. The van der Waals surface area contributed by atoms with Crippen molar-refractivity contribution in [1.29, 1.82) is 0 Å². The van der Waals surface area contributed by atoms with E-state index in [1.807, 2.05) is 0 Å². The monoisotopic (exact) mass is 252 g/mol. The van der Waals surface area contributed by atoms with Gasteiger partial charge in [0.15, 0.2) is 5.82 Å². The fraction of sp³-hybridized carbons (Fsp3) is 0.769. The topological polar surface area (TPSA) is 65.2 Å². The molecule has 18 heavy (non-hydrogen) atoms. The van der Waals surface area contributed by atoms with Gasteiger partial charge in [-0.15, -0.1) is 0 Å². The molecule has 1 aromatic rings. The molecular formula is C13H20N2O3. The Bertz CT molecular complexity index is 414. The van der Waals surface area contributed by atoms with Gasteiger partial charge in [0.2, 0.25) is 5.89 Å². The second-order valence-corrected chi connectivity index (χ2v) is 5.31. The van der Waals surface area contributed by atoms with Crippen molar-refractivity contribution < 1.29 is 14.1 Å². The van der Waals surface area contributed by atoms with Crippen molar-refractivity contribution in [3.05, 3.63) is 11.7 Å². The van der Waals surface area contributed by atoms with Gasteiger partial charge in [0.25, 0.3) is 0 Å². The molecule has 2 atom stereocenters. The van der Waals surface area contributed by atoms with Crippen LogP contribution in [0.5, 0.6) is 0 Å². The van der Waals surface area contributed by atoms with E-state index in [1.165, 1.54) is 7.11 Å². The highest BCUT2D eigenvalue weighted by molar-refractivity contribution is 5.73. The summed E-state index contributed by atoms with van der Waals surface area (Å²) >= 11 is 0. The predicted molar refractivity (Wildman–Crippen MR) is 64.9 cm³/mol. The lowest BCUT2D eigenvalue weighted by Gasteiger charge is -2.12. The molecule has 1 aliphatic carbocycles. The molecule has 100 valence electrons. The fourth-order valence-electron chi connectivity index (χ4n) is 2.56. The van der Waals surface area contributed by atoms with Gasteiger partial charge in [-0.1, -0.05) is 25.4 Å². The molecule has 1 heterocycles. The fourth-order valence-corrected chi connectivity index (χ4v) is 2.56. The van der Waals surface area contributed by atoms with E-state index in [2.05, 4.69) is 24.0 Å². The molecule has 0 saturated heterocycles. The van der Waals surface area contributed by atoms with Gasteiger partial charge in [-0.2, -0.15) is 4.98 Å². The zero-order valence-electron chi connectivity index (χ0n) is 11.2. The summed E-state index contributed by atoms with van der Waals surface area (Å²) in [5, 5.41) is 3.98. The van der Waals surface area contributed by atoms with E-state index in [0.717, 1.165) is 31.5 Å². The first-order valence-electron chi connectivity index (χ1n) is 6.52. The Morgan fingerprint density at radius 2 is 2.28 bits per heavy atom. The van der Waals surface area contributed by atoms with Crippen LogP contribution in [-0.4, -0.2) is 23.2 Å². The molecular weight excluding hydrogens is 232 g/mol. The normalized spacial score (nSPS) is 23.6. The highest BCUT2D eigenvalue weighted by Crippen LogP contribution is 2.39. The molecule has 0 radical (unpaired) electrons. The third kappa shape index (κ3) is 2.71. The molecule has 0 aliphatic heterocycles. The van der Waals surface area contributed by atoms with Crippen LogP contribution in [0.15, 0.2) is 4.52 Å². The van der Waals surface area contributed by atoms with Crippen LogP contribution in [0.3, 0.4) is 0 Å². The van der Waals surface area contributed by atoms with Crippen LogP contribution in [0.25, 0.3) is 0 Å². The second kappa shape index (κ2) is 5.50. The molecule has 5 heteroatoms. The summed E-state index contributed by atoms with van der Waals surface area (Å²) < 4.78 is 10.1. The number of nitrogens with zero attached hydrogens (tertiary/aromatic N) is 2. The summed E-state index contributed by atoms with van der Waals surface area (Å²) in [4.78, 5) is 16.1. The third-order valence-corrected chi connectivity index (χ3v) is 3.41. The minimum atomic E-state index is -0.166. The first-order chi connectivity index (χ1) is 8.61. The predicted octanol–water partition coefficient (Wildman–Crippen LogP) is 2.32. The van der Waals surface area contributed by atoms with Crippen molar-refractivity contribution in [1.82, 2.24) is 10.1 Å². The average Bonchev–Trinajstić information content (AvgIpc) is 2.94. The lowest BCUT2D eigenvalue weighted by molar-refractivity contribution is -0.145. The molecule has 1 fully saturated rings. The van der Waals surface area contributed by atoms with Gasteiger partial charge < -0.3 is 9.26 Å². The summed E-state index contributed by atoms with van der Waals surface area (Å²) in [6, 6.07) is 0. The van der Waals surface area contributed by atoms with Gasteiger partial charge >= 0.3 is 5.97 Å². The van der Waals surface area contributed by atoms with Crippen LogP contribution >= 0.6 is 0 Å². The minimum absolute atomic E-state index is 0.0332. The van der Waals surface area contributed by atoms with Crippen LogP contribution < -0.4 is 0 Å². The van der Waals surface area contributed by atoms with Crippen LogP contribution in [0.1, 0.15) is 50.7 Å². The summed E-state index contributed by atoms with van der Waals surface area (Å²) in [5.74, 6) is 1.57. The smallest absolute Gasteiger partial charge is 0.309 e. The first kappa shape index (κ1) is 13.1. The molecule has 2 rings (SSSR count). The molecule has 0 spiro atoms. The largest absolute Gasteiger partial charge is 0.469 e. The Morgan fingerprint density at radius 1 is 1.50 bits per heavy atom. The average molecular weight is 252 g/mol. The van der Waals surface area contributed by atoms with Gasteiger partial charge in [0, 0.05) is 6.42 Å². The maximum atomic E-state index is 11.7. The summed E-state index contributed by atoms with van der Waals surface area (Å²) in [5.41, 5.74) is 0. The molecule has 0 bridgehead atoms. The SMILES string of the molecule is COC(=O)[C@H]1CCC[C@@H]1c1nc(CC(C)C)no1. The van der Waals surface area contributed by atoms with Crippen molar-refractivity contribution in [2.75, 3.05) is 7.11 Å².